The van der Waals surface area contributed by atoms with E-state index in [1.54, 1.807) is 15.9 Å². The van der Waals surface area contributed by atoms with Gasteiger partial charge in [0, 0.05) is 23.2 Å². The van der Waals surface area contributed by atoms with Crippen LogP contribution >= 0.6 is 23.1 Å². The number of para-hydroxylation sites is 1. The second-order valence-corrected chi connectivity index (χ2v) is 8.26. The number of aromatic nitrogens is 3. The van der Waals surface area contributed by atoms with E-state index in [0.29, 0.717) is 22.8 Å². The van der Waals surface area contributed by atoms with Gasteiger partial charge in [-0.3, -0.25) is 9.36 Å². The van der Waals surface area contributed by atoms with Gasteiger partial charge in [-0.15, -0.1) is 11.3 Å². The summed E-state index contributed by atoms with van der Waals surface area (Å²) >= 11 is 3.12. The van der Waals surface area contributed by atoms with Gasteiger partial charge in [0.05, 0.1) is 16.6 Å². The van der Waals surface area contributed by atoms with E-state index in [4.69, 9.17) is 19.4 Å². The Morgan fingerprint density at radius 1 is 1.14 bits per heavy atom. The van der Waals surface area contributed by atoms with Gasteiger partial charge in [-0.2, -0.15) is 0 Å². The molecule has 0 bridgehead atoms. The molecule has 0 unspecified atom stereocenters. The molecular formula is C21H17N3O3S2. The van der Waals surface area contributed by atoms with Gasteiger partial charge in [0.2, 0.25) is 6.79 Å². The van der Waals surface area contributed by atoms with Gasteiger partial charge >= 0.3 is 0 Å². The highest BCUT2D eigenvalue weighted by molar-refractivity contribution is 7.98. The topological polar surface area (TPSA) is 66.2 Å². The summed E-state index contributed by atoms with van der Waals surface area (Å²) in [6.45, 7) is 2.80. The number of hydrogen-bond acceptors (Lipinski definition) is 7. The first-order valence-corrected chi connectivity index (χ1v) is 11.1. The molecule has 2 aromatic heterocycles. The molecule has 2 aromatic carbocycles. The zero-order valence-electron chi connectivity index (χ0n) is 15.6. The number of hydrogen-bond donors (Lipinski definition) is 0. The maximum Gasteiger partial charge on any atom is 0.262 e. The third kappa shape index (κ3) is 3.38. The van der Waals surface area contributed by atoms with Crippen LogP contribution in [0.15, 0.2) is 57.8 Å². The summed E-state index contributed by atoms with van der Waals surface area (Å²) < 4.78 is 12.5. The van der Waals surface area contributed by atoms with Crippen molar-refractivity contribution in [1.82, 2.24) is 14.5 Å². The zero-order chi connectivity index (χ0) is 19.8. The molecule has 1 aliphatic heterocycles. The Labute approximate surface area is 175 Å². The van der Waals surface area contributed by atoms with Crippen LogP contribution in [-0.4, -0.2) is 21.3 Å². The van der Waals surface area contributed by atoms with Gasteiger partial charge in [0.25, 0.3) is 5.56 Å². The monoisotopic (exact) mass is 423 g/mol. The fourth-order valence-electron chi connectivity index (χ4n) is 3.21. The largest absolute Gasteiger partial charge is 0.454 e. The lowest BCUT2D eigenvalue weighted by Gasteiger charge is -2.10. The number of benzene rings is 2. The summed E-state index contributed by atoms with van der Waals surface area (Å²) in [5.74, 6) is 2.16. The van der Waals surface area contributed by atoms with Crippen LogP contribution in [0.1, 0.15) is 12.6 Å². The summed E-state index contributed by atoms with van der Waals surface area (Å²) in [6.07, 6.45) is 0. The van der Waals surface area contributed by atoms with Crippen molar-refractivity contribution in [2.24, 2.45) is 0 Å². The standard InChI is InChI=1S/C21H17N3O3S2/c1-2-24-20(25)15-5-3-4-6-16(15)23-21(24)29-11-14-10-28-19(22-14)13-7-8-17-18(9-13)27-12-26-17/h3-10H,2,11-12H2,1H3. The van der Waals surface area contributed by atoms with Gasteiger partial charge < -0.3 is 9.47 Å². The lowest BCUT2D eigenvalue weighted by atomic mass is 10.2. The van der Waals surface area contributed by atoms with E-state index >= 15 is 0 Å². The first-order chi connectivity index (χ1) is 14.2. The third-order valence-electron chi connectivity index (χ3n) is 4.66. The highest BCUT2D eigenvalue weighted by Crippen LogP contribution is 2.37. The van der Waals surface area contributed by atoms with Gasteiger partial charge in [0.15, 0.2) is 16.7 Å². The van der Waals surface area contributed by atoms with Crippen LogP contribution in [0.3, 0.4) is 0 Å². The summed E-state index contributed by atoms with van der Waals surface area (Å²) in [5.41, 5.74) is 2.69. The predicted molar refractivity (Wildman–Crippen MR) is 115 cm³/mol. The third-order valence-corrected chi connectivity index (χ3v) is 6.61. The van der Waals surface area contributed by atoms with E-state index in [0.717, 1.165) is 33.3 Å². The van der Waals surface area contributed by atoms with Crippen molar-refractivity contribution in [1.29, 1.82) is 0 Å². The molecule has 3 heterocycles. The molecule has 0 amide bonds. The van der Waals surface area contributed by atoms with Crippen molar-refractivity contribution in [2.45, 2.75) is 24.4 Å². The fourth-order valence-corrected chi connectivity index (χ4v) is 5.09. The van der Waals surface area contributed by atoms with Crippen LogP contribution in [0.2, 0.25) is 0 Å². The highest BCUT2D eigenvalue weighted by atomic mass is 32.2. The quantitative estimate of drug-likeness (QED) is 0.346. The zero-order valence-corrected chi connectivity index (χ0v) is 17.3. The molecule has 8 heteroatoms. The van der Waals surface area contributed by atoms with E-state index in [-0.39, 0.29) is 12.4 Å². The smallest absolute Gasteiger partial charge is 0.262 e. The minimum absolute atomic E-state index is 0.0000679. The van der Waals surface area contributed by atoms with Crippen LogP contribution in [0.5, 0.6) is 11.5 Å². The molecule has 146 valence electrons. The first kappa shape index (κ1) is 18.2. The molecule has 0 aliphatic carbocycles. The maximum absolute atomic E-state index is 12.7. The molecule has 5 rings (SSSR count). The molecule has 0 atom stereocenters. The summed E-state index contributed by atoms with van der Waals surface area (Å²) in [7, 11) is 0. The van der Waals surface area contributed by atoms with E-state index in [9.17, 15) is 4.79 Å². The Bertz CT molecular complexity index is 1270. The highest BCUT2D eigenvalue weighted by Gasteiger charge is 2.16. The predicted octanol–water partition coefficient (Wildman–Crippen LogP) is 4.56. The molecule has 0 saturated heterocycles. The number of ether oxygens (including phenoxy) is 2. The van der Waals surface area contributed by atoms with Crippen molar-refractivity contribution in [3.8, 4) is 22.1 Å². The second kappa shape index (κ2) is 7.53. The molecule has 0 fully saturated rings. The Morgan fingerprint density at radius 2 is 2.00 bits per heavy atom. The van der Waals surface area contributed by atoms with Crippen LogP contribution < -0.4 is 15.0 Å². The van der Waals surface area contributed by atoms with Crippen LogP contribution in [-0.2, 0) is 12.3 Å². The van der Waals surface area contributed by atoms with Crippen molar-refractivity contribution in [2.75, 3.05) is 6.79 Å². The van der Waals surface area contributed by atoms with Gasteiger partial charge in [-0.05, 0) is 37.3 Å². The summed E-state index contributed by atoms with van der Waals surface area (Å²) in [6, 6.07) is 13.3. The number of rotatable bonds is 5. The molecule has 0 radical (unpaired) electrons. The Kier molecular flexibility index (Phi) is 4.73. The number of thiazole rings is 1. The normalized spacial score (nSPS) is 12.6. The Balaban J connectivity index is 1.39. The van der Waals surface area contributed by atoms with Crippen molar-refractivity contribution in [3.05, 3.63) is 63.9 Å². The fraction of sp³-hybridized carbons (Fsp3) is 0.190. The van der Waals surface area contributed by atoms with Crippen molar-refractivity contribution < 1.29 is 9.47 Å². The number of nitrogens with zero attached hydrogens (tertiary/aromatic N) is 3. The van der Waals surface area contributed by atoms with Crippen LogP contribution in [0, 0.1) is 0 Å². The van der Waals surface area contributed by atoms with E-state index in [2.05, 4.69) is 0 Å². The van der Waals surface area contributed by atoms with Crippen LogP contribution in [0.4, 0.5) is 0 Å². The van der Waals surface area contributed by atoms with Crippen molar-refractivity contribution >= 4 is 34.0 Å². The number of fused-ring (bicyclic) bond motifs is 2. The lowest BCUT2D eigenvalue weighted by molar-refractivity contribution is 0.174. The molecule has 4 aromatic rings. The molecular weight excluding hydrogens is 406 g/mol. The Morgan fingerprint density at radius 3 is 2.90 bits per heavy atom. The number of thioether (sulfide) groups is 1. The van der Waals surface area contributed by atoms with E-state index in [1.165, 1.54) is 11.8 Å². The van der Waals surface area contributed by atoms with Gasteiger partial charge in [0.1, 0.15) is 5.01 Å². The van der Waals surface area contributed by atoms with Gasteiger partial charge in [-0.1, -0.05) is 23.9 Å². The second-order valence-electron chi connectivity index (χ2n) is 6.46. The van der Waals surface area contributed by atoms with Gasteiger partial charge in [-0.25, -0.2) is 9.97 Å². The first-order valence-electron chi connectivity index (χ1n) is 9.19. The minimum atomic E-state index is -0.0000679. The average Bonchev–Trinajstić information content (AvgIpc) is 3.41. The van der Waals surface area contributed by atoms with Crippen LogP contribution in [0.25, 0.3) is 21.5 Å². The molecule has 1 aliphatic rings. The summed E-state index contributed by atoms with van der Waals surface area (Å²) in [4.78, 5) is 22.2. The summed E-state index contributed by atoms with van der Waals surface area (Å²) in [5, 5.41) is 4.34. The average molecular weight is 424 g/mol. The SMILES string of the molecule is CCn1c(SCc2csc(-c3ccc4c(c3)OCO4)n2)nc2ccccc2c1=O. The Hall–Kier alpha value is -2.84. The van der Waals surface area contributed by atoms with E-state index < -0.39 is 0 Å². The molecule has 0 saturated carbocycles. The maximum atomic E-state index is 12.7. The molecule has 0 N–H and O–H groups in total. The van der Waals surface area contributed by atoms with E-state index in [1.807, 2.05) is 54.8 Å². The molecule has 0 spiro atoms. The van der Waals surface area contributed by atoms with Crippen molar-refractivity contribution in [3.63, 3.8) is 0 Å². The minimum Gasteiger partial charge on any atom is -0.454 e. The lowest BCUT2D eigenvalue weighted by Crippen LogP contribution is -2.22. The molecule has 6 nitrogen and oxygen atoms in total. The molecule has 29 heavy (non-hydrogen) atoms.